The van der Waals surface area contributed by atoms with Crippen LogP contribution >= 0.6 is 0 Å². The van der Waals surface area contributed by atoms with Crippen LogP contribution in [0.3, 0.4) is 0 Å². The average molecular weight is 187 g/mol. The quantitative estimate of drug-likeness (QED) is 0.575. The first kappa shape index (κ1) is 8.93. The van der Waals surface area contributed by atoms with Crippen molar-refractivity contribution in [3.05, 3.63) is 0 Å². The van der Waals surface area contributed by atoms with Crippen molar-refractivity contribution in [3.8, 4) is 0 Å². The number of carbonyl (C=O) groups is 1. The van der Waals surface area contributed by atoms with Crippen LogP contribution in [0.5, 0.6) is 0 Å². The SMILES string of the molecule is O=C(O)C1CNCCC12OCCO2. The number of carboxylic acids is 1. The molecule has 2 rings (SSSR count). The van der Waals surface area contributed by atoms with Crippen molar-refractivity contribution in [3.63, 3.8) is 0 Å². The first-order chi connectivity index (χ1) is 6.25. The molecule has 5 heteroatoms. The van der Waals surface area contributed by atoms with Gasteiger partial charge >= 0.3 is 5.97 Å². The fraction of sp³-hybridized carbons (Fsp3) is 0.875. The molecule has 0 aromatic rings. The van der Waals surface area contributed by atoms with E-state index in [-0.39, 0.29) is 0 Å². The van der Waals surface area contributed by atoms with Crippen LogP contribution in [0.4, 0.5) is 0 Å². The standard InChI is InChI=1S/C8H13NO4/c10-7(11)6-5-9-2-1-8(6)12-3-4-13-8/h6,9H,1-5H2,(H,10,11). The van der Waals surface area contributed by atoms with Gasteiger partial charge in [0.05, 0.1) is 13.2 Å². The summed E-state index contributed by atoms with van der Waals surface area (Å²) in [5, 5.41) is 12.0. The number of rotatable bonds is 1. The van der Waals surface area contributed by atoms with E-state index in [0.717, 1.165) is 6.54 Å². The first-order valence-electron chi connectivity index (χ1n) is 4.46. The second kappa shape index (κ2) is 3.25. The maximum atomic E-state index is 10.9. The van der Waals surface area contributed by atoms with Crippen molar-refractivity contribution >= 4 is 5.97 Å². The van der Waals surface area contributed by atoms with Crippen LogP contribution in [0, 0.1) is 5.92 Å². The summed E-state index contributed by atoms with van der Waals surface area (Å²) in [5.74, 6) is -2.28. The molecule has 1 spiro atoms. The summed E-state index contributed by atoms with van der Waals surface area (Å²) in [6.07, 6.45) is 0.615. The molecule has 0 aliphatic carbocycles. The Labute approximate surface area is 76.0 Å². The lowest BCUT2D eigenvalue weighted by molar-refractivity contribution is -0.215. The van der Waals surface area contributed by atoms with E-state index in [9.17, 15) is 4.79 Å². The molecule has 1 atom stereocenters. The van der Waals surface area contributed by atoms with Crippen LogP contribution in [0.15, 0.2) is 0 Å². The van der Waals surface area contributed by atoms with Crippen molar-refractivity contribution in [2.24, 2.45) is 5.92 Å². The Kier molecular flexibility index (Phi) is 2.23. The smallest absolute Gasteiger partial charge is 0.313 e. The first-order valence-corrected chi connectivity index (χ1v) is 4.46. The fourth-order valence-corrected chi connectivity index (χ4v) is 1.93. The average Bonchev–Trinajstić information content (AvgIpc) is 2.54. The van der Waals surface area contributed by atoms with Crippen LogP contribution < -0.4 is 5.32 Å². The molecule has 2 saturated heterocycles. The molecule has 13 heavy (non-hydrogen) atoms. The van der Waals surface area contributed by atoms with Gasteiger partial charge in [-0.25, -0.2) is 0 Å². The Bertz CT molecular complexity index is 212. The third-order valence-corrected chi connectivity index (χ3v) is 2.60. The minimum atomic E-state index is -0.853. The van der Waals surface area contributed by atoms with E-state index in [2.05, 4.69) is 5.32 Å². The van der Waals surface area contributed by atoms with Crippen molar-refractivity contribution in [1.29, 1.82) is 0 Å². The normalized spacial score (nSPS) is 32.2. The van der Waals surface area contributed by atoms with Gasteiger partial charge in [-0.2, -0.15) is 0 Å². The molecule has 0 amide bonds. The number of ether oxygens (including phenoxy) is 2. The Hall–Kier alpha value is -0.650. The second-order valence-electron chi connectivity index (χ2n) is 3.35. The highest BCUT2D eigenvalue weighted by atomic mass is 16.7. The third kappa shape index (κ3) is 1.43. The van der Waals surface area contributed by atoms with Crippen LogP contribution in [0.1, 0.15) is 6.42 Å². The zero-order valence-corrected chi connectivity index (χ0v) is 7.28. The highest BCUT2D eigenvalue weighted by molar-refractivity contribution is 5.71. The Morgan fingerprint density at radius 1 is 1.46 bits per heavy atom. The molecular weight excluding hydrogens is 174 g/mol. The van der Waals surface area contributed by atoms with Crippen molar-refractivity contribution < 1.29 is 19.4 Å². The van der Waals surface area contributed by atoms with E-state index in [4.69, 9.17) is 14.6 Å². The lowest BCUT2D eigenvalue weighted by Crippen LogP contribution is -2.54. The van der Waals surface area contributed by atoms with Crippen molar-refractivity contribution in [1.82, 2.24) is 5.32 Å². The van der Waals surface area contributed by atoms with Gasteiger partial charge in [0.1, 0.15) is 5.92 Å². The summed E-state index contributed by atoms with van der Waals surface area (Å²) in [6.45, 7) is 2.19. The number of aliphatic carboxylic acids is 1. The van der Waals surface area contributed by atoms with Gasteiger partial charge in [0.2, 0.25) is 0 Å². The molecule has 0 aromatic carbocycles. The number of nitrogens with one attached hydrogen (secondary N) is 1. The highest BCUT2D eigenvalue weighted by Gasteiger charge is 2.49. The van der Waals surface area contributed by atoms with Gasteiger partial charge in [-0.1, -0.05) is 0 Å². The van der Waals surface area contributed by atoms with Gasteiger partial charge < -0.3 is 19.9 Å². The monoisotopic (exact) mass is 187 g/mol. The number of hydrogen-bond acceptors (Lipinski definition) is 4. The Morgan fingerprint density at radius 2 is 2.15 bits per heavy atom. The number of carboxylic acid groups (broad SMARTS) is 1. The van der Waals surface area contributed by atoms with E-state index in [0.29, 0.717) is 26.2 Å². The molecule has 2 aliphatic heterocycles. The third-order valence-electron chi connectivity index (χ3n) is 2.60. The van der Waals surface area contributed by atoms with Crippen LogP contribution in [-0.2, 0) is 14.3 Å². The summed E-state index contributed by atoms with van der Waals surface area (Å²) in [7, 11) is 0. The lowest BCUT2D eigenvalue weighted by Gasteiger charge is -2.37. The largest absolute Gasteiger partial charge is 0.481 e. The fourth-order valence-electron chi connectivity index (χ4n) is 1.93. The molecule has 0 bridgehead atoms. The maximum absolute atomic E-state index is 10.9. The second-order valence-corrected chi connectivity index (χ2v) is 3.35. The Morgan fingerprint density at radius 3 is 2.77 bits per heavy atom. The molecule has 5 nitrogen and oxygen atoms in total. The lowest BCUT2D eigenvalue weighted by atomic mass is 9.92. The summed E-state index contributed by atoms with van der Waals surface area (Å²) < 4.78 is 10.8. The topological polar surface area (TPSA) is 67.8 Å². The Balaban J connectivity index is 2.16. The van der Waals surface area contributed by atoms with Gasteiger partial charge in [-0.05, 0) is 0 Å². The summed E-state index contributed by atoms with van der Waals surface area (Å²) in [6, 6.07) is 0. The predicted octanol–water partition coefficient (Wildman–Crippen LogP) is -0.576. The van der Waals surface area contributed by atoms with E-state index in [1.54, 1.807) is 0 Å². The number of piperidine rings is 1. The van der Waals surface area contributed by atoms with E-state index in [1.807, 2.05) is 0 Å². The van der Waals surface area contributed by atoms with Gasteiger partial charge in [-0.3, -0.25) is 4.79 Å². The molecule has 0 aromatic heterocycles. The van der Waals surface area contributed by atoms with E-state index < -0.39 is 17.7 Å². The van der Waals surface area contributed by atoms with Crippen molar-refractivity contribution in [2.75, 3.05) is 26.3 Å². The predicted molar refractivity (Wildman–Crippen MR) is 43.2 cm³/mol. The van der Waals surface area contributed by atoms with Crippen LogP contribution in [0.25, 0.3) is 0 Å². The van der Waals surface area contributed by atoms with Gasteiger partial charge in [0, 0.05) is 19.5 Å². The van der Waals surface area contributed by atoms with Gasteiger partial charge in [-0.15, -0.1) is 0 Å². The molecule has 74 valence electrons. The minimum Gasteiger partial charge on any atom is -0.481 e. The molecule has 2 aliphatic rings. The maximum Gasteiger partial charge on any atom is 0.313 e. The highest BCUT2D eigenvalue weighted by Crippen LogP contribution is 2.33. The van der Waals surface area contributed by atoms with Gasteiger partial charge in [0.15, 0.2) is 5.79 Å². The summed E-state index contributed by atoms with van der Waals surface area (Å²) >= 11 is 0. The zero-order chi connectivity index (χ0) is 9.31. The molecule has 0 radical (unpaired) electrons. The minimum absolute atomic E-state index is 0.426. The zero-order valence-electron chi connectivity index (χ0n) is 7.28. The summed E-state index contributed by atoms with van der Waals surface area (Å²) in [5.41, 5.74) is 0. The molecule has 2 fully saturated rings. The van der Waals surface area contributed by atoms with E-state index >= 15 is 0 Å². The molecule has 0 saturated carbocycles. The molecule has 1 unspecified atom stereocenters. The van der Waals surface area contributed by atoms with Gasteiger partial charge in [0.25, 0.3) is 0 Å². The van der Waals surface area contributed by atoms with Crippen LogP contribution in [0.2, 0.25) is 0 Å². The summed E-state index contributed by atoms with van der Waals surface area (Å²) in [4.78, 5) is 10.9. The molecular formula is C8H13NO4. The number of hydrogen-bond donors (Lipinski definition) is 2. The molecule has 2 N–H and O–H groups in total. The van der Waals surface area contributed by atoms with Crippen LogP contribution in [-0.4, -0.2) is 43.2 Å². The molecule has 2 heterocycles. The van der Waals surface area contributed by atoms with Crippen molar-refractivity contribution in [2.45, 2.75) is 12.2 Å². The van der Waals surface area contributed by atoms with E-state index in [1.165, 1.54) is 0 Å².